The Morgan fingerprint density at radius 3 is 2.91 bits per heavy atom. The fourth-order valence-corrected chi connectivity index (χ4v) is 3.71. The summed E-state index contributed by atoms with van der Waals surface area (Å²) in [7, 11) is 0. The molecule has 1 aromatic carbocycles. The number of hydrogen-bond donors (Lipinski definition) is 2. The first-order chi connectivity index (χ1) is 11.0. The highest BCUT2D eigenvalue weighted by atomic mass is 35.5. The molecule has 120 valence electrons. The van der Waals surface area contributed by atoms with E-state index in [1.54, 1.807) is 0 Å². The quantitative estimate of drug-likeness (QED) is 0.844. The van der Waals surface area contributed by atoms with Crippen LogP contribution in [0.4, 0.5) is 0 Å². The molecule has 0 aliphatic carbocycles. The number of nitrogens with one attached hydrogen (secondary N) is 1. The minimum Gasteiger partial charge on any atom is -0.510 e. The third kappa shape index (κ3) is 3.26. The van der Waals surface area contributed by atoms with Crippen LogP contribution in [0.3, 0.4) is 0 Å². The Kier molecular flexibility index (Phi) is 4.41. The van der Waals surface area contributed by atoms with Gasteiger partial charge < -0.3 is 10.0 Å². The molecule has 1 aliphatic rings. The van der Waals surface area contributed by atoms with E-state index in [4.69, 9.17) is 17.0 Å². The Balaban J connectivity index is 1.88. The van der Waals surface area contributed by atoms with Crippen LogP contribution in [0.25, 0.3) is 16.8 Å². The van der Waals surface area contributed by atoms with Crippen molar-refractivity contribution in [1.82, 2.24) is 9.88 Å². The first-order valence-corrected chi connectivity index (χ1v) is 8.69. The monoisotopic (exact) mass is 347 g/mol. The second-order valence-corrected chi connectivity index (χ2v) is 7.29. The van der Waals surface area contributed by atoms with E-state index < -0.39 is 0 Å². The summed E-state index contributed by atoms with van der Waals surface area (Å²) in [6.45, 7) is 5.34. The van der Waals surface area contributed by atoms with E-state index in [0.717, 1.165) is 17.8 Å². The second-order valence-electron chi connectivity index (χ2n) is 5.99. The van der Waals surface area contributed by atoms with Crippen molar-refractivity contribution in [3.63, 3.8) is 0 Å². The van der Waals surface area contributed by atoms with Crippen LogP contribution in [-0.4, -0.2) is 33.9 Å². The van der Waals surface area contributed by atoms with Gasteiger partial charge in [0.05, 0.1) is 17.8 Å². The van der Waals surface area contributed by atoms with Gasteiger partial charge in [-0.3, -0.25) is 5.41 Å². The van der Waals surface area contributed by atoms with Gasteiger partial charge in [0.1, 0.15) is 16.6 Å². The summed E-state index contributed by atoms with van der Waals surface area (Å²) in [4.78, 5) is 6.48. The molecule has 0 saturated carbocycles. The molecule has 6 heteroatoms. The number of aliphatic hydroxyl groups is 1. The molecular weight excluding hydrogens is 330 g/mol. The van der Waals surface area contributed by atoms with E-state index in [1.165, 1.54) is 11.3 Å². The highest BCUT2D eigenvalue weighted by Crippen LogP contribution is 2.32. The third-order valence-corrected chi connectivity index (χ3v) is 4.70. The van der Waals surface area contributed by atoms with Crippen LogP contribution in [0.5, 0.6) is 0 Å². The molecule has 0 amide bonds. The zero-order chi connectivity index (χ0) is 16.6. The molecule has 0 spiro atoms. The van der Waals surface area contributed by atoms with E-state index in [1.807, 2.05) is 34.5 Å². The Morgan fingerprint density at radius 2 is 2.22 bits per heavy atom. The lowest BCUT2D eigenvalue weighted by Gasteiger charge is -2.20. The molecule has 2 heterocycles. The Hall–Kier alpha value is -1.85. The van der Waals surface area contributed by atoms with Crippen molar-refractivity contribution in [2.75, 3.05) is 13.1 Å². The topological polar surface area (TPSA) is 60.2 Å². The van der Waals surface area contributed by atoms with Gasteiger partial charge in [0, 0.05) is 22.5 Å². The van der Waals surface area contributed by atoms with Gasteiger partial charge in [-0.2, -0.15) is 0 Å². The Bertz CT molecular complexity index is 782. The van der Waals surface area contributed by atoms with Gasteiger partial charge in [-0.15, -0.1) is 11.3 Å². The molecule has 1 aromatic heterocycles. The average Bonchev–Trinajstić information content (AvgIpc) is 3.04. The standard InChI is InChI=1S/C17H18ClN3OS/c1-10(2)7-21-8-14(22)15(16(21)19)17-20-13(9-23-17)11-4-3-5-12(18)6-11/h3-6,9-10,19,22H,7-8H2,1-2H3. The molecule has 2 aromatic rings. The minimum atomic E-state index is 0.225. The van der Waals surface area contributed by atoms with E-state index >= 15 is 0 Å². The van der Waals surface area contributed by atoms with Crippen LogP contribution in [0.15, 0.2) is 35.4 Å². The SMILES string of the molecule is CC(C)CN1CC(O)=C(c2nc(-c3cccc(Cl)c3)cs2)C1=N. The molecule has 2 N–H and O–H groups in total. The largest absolute Gasteiger partial charge is 0.510 e. The Morgan fingerprint density at radius 1 is 1.43 bits per heavy atom. The van der Waals surface area contributed by atoms with Gasteiger partial charge >= 0.3 is 0 Å². The fourth-order valence-electron chi connectivity index (χ4n) is 2.62. The predicted molar refractivity (Wildman–Crippen MR) is 96.2 cm³/mol. The highest BCUT2D eigenvalue weighted by molar-refractivity contribution is 7.11. The van der Waals surface area contributed by atoms with Crippen molar-refractivity contribution in [2.45, 2.75) is 13.8 Å². The number of aliphatic hydroxyl groups excluding tert-OH is 1. The molecule has 0 fully saturated rings. The summed E-state index contributed by atoms with van der Waals surface area (Å²) >= 11 is 7.46. The van der Waals surface area contributed by atoms with Gasteiger partial charge in [-0.05, 0) is 18.1 Å². The van der Waals surface area contributed by atoms with Crippen molar-refractivity contribution >= 4 is 34.3 Å². The van der Waals surface area contributed by atoms with E-state index in [-0.39, 0.29) is 5.76 Å². The molecule has 0 unspecified atom stereocenters. The van der Waals surface area contributed by atoms with E-state index in [2.05, 4.69) is 18.8 Å². The molecule has 0 saturated heterocycles. The number of benzene rings is 1. The van der Waals surface area contributed by atoms with Crippen molar-refractivity contribution in [3.8, 4) is 11.3 Å². The summed E-state index contributed by atoms with van der Waals surface area (Å²) in [6, 6.07) is 7.52. The Labute approximate surface area is 144 Å². The molecule has 4 nitrogen and oxygen atoms in total. The minimum absolute atomic E-state index is 0.225. The van der Waals surface area contributed by atoms with Gasteiger partial charge in [0.2, 0.25) is 0 Å². The van der Waals surface area contributed by atoms with Gasteiger partial charge in [-0.25, -0.2) is 4.98 Å². The molecule has 1 aliphatic heterocycles. The number of rotatable bonds is 4. The van der Waals surface area contributed by atoms with Gasteiger partial charge in [-0.1, -0.05) is 37.6 Å². The van der Waals surface area contributed by atoms with Crippen molar-refractivity contribution in [1.29, 1.82) is 5.41 Å². The number of aromatic nitrogens is 1. The molecular formula is C17H18ClN3OS. The normalized spacial score (nSPS) is 15.1. The first-order valence-electron chi connectivity index (χ1n) is 7.43. The number of nitrogens with zero attached hydrogens (tertiary/aromatic N) is 2. The number of amidine groups is 1. The lowest BCUT2D eigenvalue weighted by Crippen LogP contribution is -2.30. The molecule has 3 rings (SSSR count). The van der Waals surface area contributed by atoms with Crippen LogP contribution in [0.2, 0.25) is 5.02 Å². The summed E-state index contributed by atoms with van der Waals surface area (Å²) < 4.78 is 0. The summed E-state index contributed by atoms with van der Waals surface area (Å²) in [5, 5.41) is 21.9. The number of thiazole rings is 1. The fraction of sp³-hybridized carbons (Fsp3) is 0.294. The number of halogens is 1. The van der Waals surface area contributed by atoms with Crippen LogP contribution in [0.1, 0.15) is 18.9 Å². The highest BCUT2D eigenvalue weighted by Gasteiger charge is 2.30. The van der Waals surface area contributed by atoms with Crippen LogP contribution >= 0.6 is 22.9 Å². The van der Waals surface area contributed by atoms with Crippen LogP contribution in [-0.2, 0) is 0 Å². The smallest absolute Gasteiger partial charge is 0.135 e. The van der Waals surface area contributed by atoms with Crippen molar-refractivity contribution < 1.29 is 5.11 Å². The molecule has 0 atom stereocenters. The van der Waals surface area contributed by atoms with Gasteiger partial charge in [0.25, 0.3) is 0 Å². The number of hydrogen-bond acceptors (Lipinski definition) is 4. The van der Waals surface area contributed by atoms with E-state index in [0.29, 0.717) is 33.9 Å². The van der Waals surface area contributed by atoms with Crippen LogP contribution < -0.4 is 0 Å². The van der Waals surface area contributed by atoms with Crippen molar-refractivity contribution in [2.24, 2.45) is 5.92 Å². The molecule has 23 heavy (non-hydrogen) atoms. The van der Waals surface area contributed by atoms with Gasteiger partial charge in [0.15, 0.2) is 0 Å². The summed E-state index contributed by atoms with van der Waals surface area (Å²) in [6.07, 6.45) is 0. The third-order valence-electron chi connectivity index (χ3n) is 3.61. The zero-order valence-electron chi connectivity index (χ0n) is 13.0. The summed E-state index contributed by atoms with van der Waals surface area (Å²) in [5.41, 5.74) is 2.29. The van der Waals surface area contributed by atoms with Crippen molar-refractivity contribution in [3.05, 3.63) is 45.4 Å². The first kappa shape index (κ1) is 16.0. The zero-order valence-corrected chi connectivity index (χ0v) is 14.6. The summed E-state index contributed by atoms with van der Waals surface area (Å²) in [5.74, 6) is 1.01. The molecule has 0 bridgehead atoms. The lowest BCUT2D eigenvalue weighted by molar-refractivity contribution is 0.329. The lowest BCUT2D eigenvalue weighted by atomic mass is 10.2. The average molecular weight is 348 g/mol. The maximum atomic E-state index is 10.3. The second kappa shape index (κ2) is 6.34. The van der Waals surface area contributed by atoms with Crippen LogP contribution in [0, 0.1) is 11.3 Å². The van der Waals surface area contributed by atoms with E-state index in [9.17, 15) is 5.11 Å². The maximum Gasteiger partial charge on any atom is 0.135 e. The maximum absolute atomic E-state index is 10.3. The predicted octanol–water partition coefficient (Wildman–Crippen LogP) is 4.68. The molecule has 0 radical (unpaired) electrons.